The van der Waals surface area contributed by atoms with Crippen molar-refractivity contribution in [3.05, 3.63) is 59.9 Å². The van der Waals surface area contributed by atoms with Gasteiger partial charge in [0.2, 0.25) is 0 Å². The number of carbonyl (C=O) groups is 1. The van der Waals surface area contributed by atoms with Crippen molar-refractivity contribution in [1.29, 1.82) is 0 Å². The molecule has 5 nitrogen and oxygen atoms in total. The number of hydrogen-bond acceptors (Lipinski definition) is 3. The zero-order chi connectivity index (χ0) is 18.7. The lowest BCUT2D eigenvalue weighted by Gasteiger charge is -2.19. The fourth-order valence-electron chi connectivity index (χ4n) is 3.02. The number of hydrogen-bond donors (Lipinski definition) is 2. The van der Waals surface area contributed by atoms with Crippen LogP contribution in [0.2, 0.25) is 0 Å². The van der Waals surface area contributed by atoms with E-state index in [1.807, 2.05) is 0 Å². The summed E-state index contributed by atoms with van der Waals surface area (Å²) in [6.07, 6.45) is 3.13. The van der Waals surface area contributed by atoms with Crippen molar-refractivity contribution in [3.63, 3.8) is 0 Å². The van der Waals surface area contributed by atoms with Crippen LogP contribution < -0.4 is 10.2 Å². The van der Waals surface area contributed by atoms with Gasteiger partial charge in [-0.05, 0) is 18.2 Å². The third-order valence-corrected chi connectivity index (χ3v) is 5.63. The zero-order valence-corrected chi connectivity index (χ0v) is 15.4. The van der Waals surface area contributed by atoms with Gasteiger partial charge in [-0.3, -0.25) is 4.79 Å². The van der Waals surface area contributed by atoms with Gasteiger partial charge in [0.25, 0.3) is 5.91 Å². The summed E-state index contributed by atoms with van der Waals surface area (Å²) in [6.45, 7) is 0.593. The minimum atomic E-state index is -3.44. The lowest BCUT2D eigenvalue weighted by molar-refractivity contribution is -0.917. The van der Waals surface area contributed by atoms with Gasteiger partial charge in [-0.1, -0.05) is 30.3 Å². The number of halogens is 1. The molecule has 1 aliphatic carbocycles. The molecule has 0 heterocycles. The number of para-hydroxylation sites is 1. The van der Waals surface area contributed by atoms with Crippen molar-refractivity contribution < 1.29 is 22.5 Å². The Kier molecular flexibility index (Phi) is 5.38. The van der Waals surface area contributed by atoms with Gasteiger partial charge < -0.3 is 10.2 Å². The van der Waals surface area contributed by atoms with Crippen LogP contribution in [0.3, 0.4) is 0 Å². The van der Waals surface area contributed by atoms with Crippen LogP contribution >= 0.6 is 0 Å². The lowest BCUT2D eigenvalue weighted by atomic mass is 10.2. The molecule has 0 aromatic heterocycles. The molecule has 1 aliphatic rings. The molecule has 2 aromatic carbocycles. The normalized spacial score (nSPS) is 15.5. The second-order valence-electron chi connectivity index (χ2n) is 6.69. The van der Waals surface area contributed by atoms with Crippen LogP contribution in [0.25, 0.3) is 0 Å². The number of quaternary nitrogens is 1. The largest absolute Gasteiger partial charge is 0.321 e. The van der Waals surface area contributed by atoms with Crippen molar-refractivity contribution in [2.75, 3.05) is 18.1 Å². The van der Waals surface area contributed by atoms with E-state index >= 15 is 0 Å². The van der Waals surface area contributed by atoms with Gasteiger partial charge in [0.15, 0.2) is 16.4 Å². The molecule has 1 saturated carbocycles. The first-order chi connectivity index (χ1) is 12.3. The van der Waals surface area contributed by atoms with E-state index in [0.29, 0.717) is 18.2 Å². The molecule has 0 spiro atoms. The highest BCUT2D eigenvalue weighted by Gasteiger charge is 2.35. The fraction of sp³-hybridized carbons (Fsp3) is 0.316. The molecule has 7 heteroatoms. The molecule has 2 aromatic rings. The monoisotopic (exact) mass is 377 g/mol. The summed E-state index contributed by atoms with van der Waals surface area (Å²) in [5, 5.41) is 2.70. The van der Waals surface area contributed by atoms with E-state index in [0.717, 1.165) is 24.0 Å². The Hall–Kier alpha value is -2.25. The molecular formula is C19H22FN2O3S+. The minimum absolute atomic E-state index is 0.0930. The van der Waals surface area contributed by atoms with E-state index in [1.54, 1.807) is 36.4 Å². The Morgan fingerprint density at radius 2 is 1.81 bits per heavy atom. The Balaban J connectivity index is 1.71. The number of benzene rings is 2. The van der Waals surface area contributed by atoms with Crippen LogP contribution in [-0.4, -0.2) is 33.2 Å². The molecular weight excluding hydrogens is 355 g/mol. The molecule has 1 unspecified atom stereocenters. The second-order valence-corrected chi connectivity index (χ2v) is 8.68. The molecule has 3 rings (SSSR count). The summed E-state index contributed by atoms with van der Waals surface area (Å²) in [5.41, 5.74) is 0.861. The molecule has 2 N–H and O–H groups in total. The zero-order valence-electron chi connectivity index (χ0n) is 14.5. The number of amides is 1. The Bertz CT molecular complexity index is 911. The first kappa shape index (κ1) is 18.5. The molecule has 138 valence electrons. The van der Waals surface area contributed by atoms with Crippen molar-refractivity contribution in [2.24, 2.45) is 0 Å². The summed E-state index contributed by atoms with van der Waals surface area (Å²) >= 11 is 0. The molecule has 0 saturated heterocycles. The highest BCUT2D eigenvalue weighted by atomic mass is 32.2. The molecule has 26 heavy (non-hydrogen) atoms. The maximum atomic E-state index is 13.9. The van der Waals surface area contributed by atoms with Gasteiger partial charge in [-0.2, -0.15) is 0 Å². The van der Waals surface area contributed by atoms with E-state index in [4.69, 9.17) is 0 Å². The van der Waals surface area contributed by atoms with E-state index < -0.39 is 9.84 Å². The highest BCUT2D eigenvalue weighted by molar-refractivity contribution is 7.90. The number of rotatable bonds is 7. The lowest BCUT2D eigenvalue weighted by Crippen LogP contribution is -3.13. The van der Waals surface area contributed by atoms with Crippen LogP contribution in [0.4, 0.5) is 10.1 Å². The molecule has 1 amide bonds. The summed E-state index contributed by atoms with van der Waals surface area (Å²) in [5.74, 6) is -0.548. The SMILES string of the molecule is CS(=O)(=O)c1ccccc1NC(=O)C[NH+](Cc1ccccc1F)C1CC1. The topological polar surface area (TPSA) is 67.7 Å². The average Bonchev–Trinajstić information content (AvgIpc) is 3.40. The van der Waals surface area contributed by atoms with Crippen molar-refractivity contribution >= 4 is 21.4 Å². The van der Waals surface area contributed by atoms with Crippen molar-refractivity contribution in [1.82, 2.24) is 0 Å². The Morgan fingerprint density at radius 3 is 2.46 bits per heavy atom. The maximum Gasteiger partial charge on any atom is 0.279 e. The molecule has 0 bridgehead atoms. The molecule has 0 radical (unpaired) electrons. The fourth-order valence-corrected chi connectivity index (χ4v) is 3.87. The summed E-state index contributed by atoms with van der Waals surface area (Å²) in [6, 6.07) is 13.2. The second kappa shape index (κ2) is 7.55. The summed E-state index contributed by atoms with van der Waals surface area (Å²) < 4.78 is 37.6. The van der Waals surface area contributed by atoms with Crippen LogP contribution in [0.1, 0.15) is 18.4 Å². The number of sulfone groups is 1. The quantitative estimate of drug-likeness (QED) is 0.767. The predicted octanol–water partition coefficient (Wildman–Crippen LogP) is 1.42. The minimum Gasteiger partial charge on any atom is -0.321 e. The van der Waals surface area contributed by atoms with E-state index in [-0.39, 0.29) is 28.9 Å². The standard InChI is InChI=1S/C19H21FN2O3S/c1-26(24,25)18-9-5-4-8-17(18)21-19(23)13-22(15-10-11-15)12-14-6-2-3-7-16(14)20/h2-9,15H,10-13H2,1H3,(H,21,23)/p+1. The highest BCUT2D eigenvalue weighted by Crippen LogP contribution is 2.20. The smallest absolute Gasteiger partial charge is 0.279 e. The number of anilines is 1. The predicted molar refractivity (Wildman–Crippen MR) is 97.1 cm³/mol. The van der Waals surface area contributed by atoms with Crippen molar-refractivity contribution in [3.8, 4) is 0 Å². The van der Waals surface area contributed by atoms with Crippen molar-refractivity contribution in [2.45, 2.75) is 30.3 Å². The molecule has 1 atom stereocenters. The Labute approximate surface area is 152 Å². The van der Waals surface area contributed by atoms with Gasteiger partial charge in [0.1, 0.15) is 12.4 Å². The van der Waals surface area contributed by atoms with Gasteiger partial charge in [0, 0.05) is 24.7 Å². The van der Waals surface area contributed by atoms with Crippen LogP contribution in [0.15, 0.2) is 53.4 Å². The molecule has 1 fully saturated rings. The van der Waals surface area contributed by atoms with Crippen LogP contribution in [0.5, 0.6) is 0 Å². The number of nitrogens with one attached hydrogen (secondary N) is 2. The maximum absolute atomic E-state index is 13.9. The third kappa shape index (κ3) is 4.68. The summed E-state index contributed by atoms with van der Waals surface area (Å²) in [7, 11) is -3.44. The van der Waals surface area contributed by atoms with Gasteiger partial charge in [-0.15, -0.1) is 0 Å². The van der Waals surface area contributed by atoms with E-state index in [1.165, 1.54) is 12.1 Å². The average molecular weight is 377 g/mol. The van der Waals surface area contributed by atoms with Crippen LogP contribution in [-0.2, 0) is 21.2 Å². The van der Waals surface area contributed by atoms with Gasteiger partial charge in [-0.25, -0.2) is 12.8 Å². The van der Waals surface area contributed by atoms with Crippen LogP contribution in [0, 0.1) is 5.82 Å². The Morgan fingerprint density at radius 1 is 1.15 bits per heavy atom. The van der Waals surface area contributed by atoms with E-state index in [9.17, 15) is 17.6 Å². The van der Waals surface area contributed by atoms with E-state index in [2.05, 4.69) is 5.32 Å². The van der Waals surface area contributed by atoms with Gasteiger partial charge >= 0.3 is 0 Å². The third-order valence-electron chi connectivity index (χ3n) is 4.48. The summed E-state index contributed by atoms with van der Waals surface area (Å²) in [4.78, 5) is 13.6. The first-order valence-electron chi connectivity index (χ1n) is 8.51. The first-order valence-corrected chi connectivity index (χ1v) is 10.4. The number of carbonyl (C=O) groups excluding carboxylic acids is 1. The van der Waals surface area contributed by atoms with Gasteiger partial charge in [0.05, 0.1) is 16.6 Å². The molecule has 0 aliphatic heterocycles.